The Morgan fingerprint density at radius 2 is 2.25 bits per heavy atom. The summed E-state index contributed by atoms with van der Waals surface area (Å²) in [5.41, 5.74) is 4.58. The summed E-state index contributed by atoms with van der Waals surface area (Å²) in [5.74, 6) is 0.956. The Hall–Kier alpha value is -2.05. The molecule has 128 valence electrons. The Kier molecular flexibility index (Phi) is 5.06. The molecule has 3 rings (SSSR count). The van der Waals surface area contributed by atoms with Crippen LogP contribution in [0.25, 0.3) is 11.3 Å². The SMILES string of the molecule is COC[C@@H](C)Nc1nc(-c2cc(C)n(Cc3ccco3)c2C)cs1. The summed E-state index contributed by atoms with van der Waals surface area (Å²) >= 11 is 1.62. The zero-order valence-electron chi connectivity index (χ0n) is 14.5. The fourth-order valence-electron chi connectivity index (χ4n) is 2.83. The van der Waals surface area contributed by atoms with Crippen molar-refractivity contribution in [2.75, 3.05) is 19.0 Å². The van der Waals surface area contributed by atoms with Gasteiger partial charge in [0.05, 0.1) is 25.1 Å². The highest BCUT2D eigenvalue weighted by Crippen LogP contribution is 2.30. The van der Waals surface area contributed by atoms with E-state index < -0.39 is 0 Å². The number of anilines is 1. The van der Waals surface area contributed by atoms with Crippen LogP contribution in [0.4, 0.5) is 5.13 Å². The Labute approximate surface area is 146 Å². The summed E-state index contributed by atoms with van der Waals surface area (Å²) in [4.78, 5) is 4.73. The maximum absolute atomic E-state index is 5.48. The van der Waals surface area contributed by atoms with E-state index in [1.165, 1.54) is 17.0 Å². The molecule has 3 aromatic heterocycles. The van der Waals surface area contributed by atoms with Gasteiger partial charge in [-0.3, -0.25) is 0 Å². The van der Waals surface area contributed by atoms with E-state index in [0.29, 0.717) is 6.61 Å². The number of methoxy groups -OCH3 is 1. The molecule has 0 saturated heterocycles. The number of hydrogen-bond acceptors (Lipinski definition) is 5. The second-order valence-electron chi connectivity index (χ2n) is 5.99. The van der Waals surface area contributed by atoms with Crippen LogP contribution < -0.4 is 5.32 Å². The van der Waals surface area contributed by atoms with Crippen LogP contribution in [0, 0.1) is 13.8 Å². The molecule has 0 aliphatic rings. The van der Waals surface area contributed by atoms with Crippen molar-refractivity contribution in [3.05, 3.63) is 47.0 Å². The van der Waals surface area contributed by atoms with E-state index in [2.05, 4.69) is 42.1 Å². The van der Waals surface area contributed by atoms with Crippen molar-refractivity contribution in [1.29, 1.82) is 0 Å². The first-order valence-corrected chi connectivity index (χ1v) is 8.87. The molecule has 5 nitrogen and oxygen atoms in total. The van der Waals surface area contributed by atoms with Gasteiger partial charge in [0, 0.05) is 35.5 Å². The molecule has 1 atom stereocenters. The van der Waals surface area contributed by atoms with Crippen LogP contribution in [-0.4, -0.2) is 29.3 Å². The summed E-state index contributed by atoms with van der Waals surface area (Å²) in [6, 6.07) is 6.35. The fraction of sp³-hybridized carbons (Fsp3) is 0.389. The Morgan fingerprint density at radius 1 is 1.42 bits per heavy atom. The third kappa shape index (κ3) is 3.55. The molecule has 0 fully saturated rings. The van der Waals surface area contributed by atoms with Crippen molar-refractivity contribution in [2.24, 2.45) is 0 Å². The van der Waals surface area contributed by atoms with Crippen molar-refractivity contribution in [3.63, 3.8) is 0 Å². The average molecular weight is 345 g/mol. The number of rotatable bonds is 7. The maximum Gasteiger partial charge on any atom is 0.183 e. The summed E-state index contributed by atoms with van der Waals surface area (Å²) < 4.78 is 12.9. The number of nitrogens with zero attached hydrogens (tertiary/aromatic N) is 2. The largest absolute Gasteiger partial charge is 0.467 e. The number of aryl methyl sites for hydroxylation is 1. The second kappa shape index (κ2) is 7.23. The number of nitrogens with one attached hydrogen (secondary N) is 1. The van der Waals surface area contributed by atoms with Gasteiger partial charge in [-0.2, -0.15) is 0 Å². The van der Waals surface area contributed by atoms with Crippen LogP contribution in [0.2, 0.25) is 0 Å². The third-order valence-electron chi connectivity index (χ3n) is 4.03. The van der Waals surface area contributed by atoms with E-state index >= 15 is 0 Å². The number of hydrogen-bond donors (Lipinski definition) is 1. The van der Waals surface area contributed by atoms with Gasteiger partial charge in [-0.15, -0.1) is 11.3 Å². The molecule has 0 bridgehead atoms. The average Bonchev–Trinajstić information content (AvgIpc) is 3.25. The molecule has 3 heterocycles. The van der Waals surface area contributed by atoms with Crippen molar-refractivity contribution < 1.29 is 9.15 Å². The molecule has 24 heavy (non-hydrogen) atoms. The number of aromatic nitrogens is 2. The minimum atomic E-state index is 0.236. The van der Waals surface area contributed by atoms with Crippen molar-refractivity contribution >= 4 is 16.5 Å². The molecule has 0 aliphatic heterocycles. The van der Waals surface area contributed by atoms with E-state index in [1.807, 2.05) is 12.1 Å². The molecule has 0 aliphatic carbocycles. The summed E-state index contributed by atoms with van der Waals surface area (Å²) in [6.45, 7) is 7.73. The smallest absolute Gasteiger partial charge is 0.183 e. The minimum Gasteiger partial charge on any atom is -0.467 e. The second-order valence-corrected chi connectivity index (χ2v) is 6.85. The fourth-order valence-corrected chi connectivity index (χ4v) is 3.65. The zero-order chi connectivity index (χ0) is 17.1. The van der Waals surface area contributed by atoms with Gasteiger partial charge in [0.25, 0.3) is 0 Å². The van der Waals surface area contributed by atoms with Gasteiger partial charge >= 0.3 is 0 Å². The molecule has 0 amide bonds. The van der Waals surface area contributed by atoms with Gasteiger partial charge in [0.2, 0.25) is 0 Å². The lowest BCUT2D eigenvalue weighted by atomic mass is 10.2. The van der Waals surface area contributed by atoms with Crippen LogP contribution >= 0.6 is 11.3 Å². The van der Waals surface area contributed by atoms with Gasteiger partial charge in [0.15, 0.2) is 5.13 Å². The standard InChI is InChI=1S/C18H23N3O2S/c1-12(10-22-4)19-18-20-17(11-24-18)16-8-13(2)21(14(16)3)9-15-6-5-7-23-15/h5-8,11-12H,9-10H2,1-4H3,(H,19,20)/t12-/m1/s1. The number of furan rings is 1. The third-order valence-corrected chi connectivity index (χ3v) is 4.81. The van der Waals surface area contributed by atoms with Gasteiger partial charge in [-0.05, 0) is 39.0 Å². The molecule has 0 unspecified atom stereocenters. The van der Waals surface area contributed by atoms with E-state index in [4.69, 9.17) is 14.1 Å². The minimum absolute atomic E-state index is 0.236. The summed E-state index contributed by atoms with van der Waals surface area (Å²) in [7, 11) is 1.71. The van der Waals surface area contributed by atoms with E-state index in [-0.39, 0.29) is 6.04 Å². The lowest BCUT2D eigenvalue weighted by Gasteiger charge is -2.10. The van der Waals surface area contributed by atoms with Gasteiger partial charge in [-0.1, -0.05) is 0 Å². The molecular weight excluding hydrogens is 322 g/mol. The van der Waals surface area contributed by atoms with E-state index in [9.17, 15) is 0 Å². The summed E-state index contributed by atoms with van der Waals surface area (Å²) in [5, 5.41) is 6.39. The highest BCUT2D eigenvalue weighted by Gasteiger charge is 2.15. The van der Waals surface area contributed by atoms with Crippen LogP contribution in [0.3, 0.4) is 0 Å². The Morgan fingerprint density at radius 3 is 2.96 bits per heavy atom. The van der Waals surface area contributed by atoms with Crippen molar-refractivity contribution in [1.82, 2.24) is 9.55 Å². The van der Waals surface area contributed by atoms with E-state index in [0.717, 1.165) is 23.1 Å². The molecule has 0 spiro atoms. The maximum atomic E-state index is 5.48. The van der Waals surface area contributed by atoms with Crippen molar-refractivity contribution in [2.45, 2.75) is 33.4 Å². The first-order valence-electron chi connectivity index (χ1n) is 7.99. The van der Waals surface area contributed by atoms with Gasteiger partial charge in [0.1, 0.15) is 5.76 Å². The Bertz CT molecular complexity index is 789. The first-order chi connectivity index (χ1) is 11.6. The molecule has 0 radical (unpaired) electrons. The van der Waals surface area contributed by atoms with Gasteiger partial charge in [-0.25, -0.2) is 4.98 Å². The molecule has 0 saturated carbocycles. The van der Waals surface area contributed by atoms with Crippen LogP contribution in [0.1, 0.15) is 24.1 Å². The topological polar surface area (TPSA) is 52.2 Å². The highest BCUT2D eigenvalue weighted by molar-refractivity contribution is 7.14. The molecule has 6 heteroatoms. The van der Waals surface area contributed by atoms with Crippen LogP contribution in [-0.2, 0) is 11.3 Å². The van der Waals surface area contributed by atoms with E-state index in [1.54, 1.807) is 24.7 Å². The monoisotopic (exact) mass is 345 g/mol. The summed E-state index contributed by atoms with van der Waals surface area (Å²) in [6.07, 6.45) is 1.71. The highest BCUT2D eigenvalue weighted by atomic mass is 32.1. The van der Waals surface area contributed by atoms with Crippen LogP contribution in [0.5, 0.6) is 0 Å². The molecule has 3 aromatic rings. The quantitative estimate of drug-likeness (QED) is 0.693. The number of thiazole rings is 1. The first kappa shape index (κ1) is 16.8. The Balaban J connectivity index is 1.81. The lowest BCUT2D eigenvalue weighted by molar-refractivity contribution is 0.190. The molecule has 1 N–H and O–H groups in total. The van der Waals surface area contributed by atoms with Crippen molar-refractivity contribution in [3.8, 4) is 11.3 Å². The molecule has 0 aromatic carbocycles. The predicted molar refractivity (Wildman–Crippen MR) is 97.8 cm³/mol. The van der Waals surface area contributed by atoms with Gasteiger partial charge < -0.3 is 19.0 Å². The normalized spacial score (nSPS) is 12.5. The zero-order valence-corrected chi connectivity index (χ0v) is 15.3. The van der Waals surface area contributed by atoms with Crippen LogP contribution in [0.15, 0.2) is 34.3 Å². The predicted octanol–water partition coefficient (Wildman–Crippen LogP) is 4.32. The lowest BCUT2D eigenvalue weighted by Crippen LogP contribution is -2.20. The number of ether oxygens (including phenoxy) is 1. The molecular formula is C18H23N3O2S.